The van der Waals surface area contributed by atoms with Gasteiger partial charge in [-0.15, -0.1) is 0 Å². The molecule has 0 fully saturated rings. The summed E-state index contributed by atoms with van der Waals surface area (Å²) >= 11 is 0. The molecule has 2 aromatic rings. The first-order valence-corrected chi connectivity index (χ1v) is 7.64. The molecule has 0 aliphatic carbocycles. The van der Waals surface area contributed by atoms with Crippen molar-refractivity contribution in [2.75, 3.05) is 16.8 Å². The van der Waals surface area contributed by atoms with Crippen LogP contribution in [0.2, 0.25) is 0 Å². The fourth-order valence-corrected chi connectivity index (χ4v) is 2.56. The van der Waals surface area contributed by atoms with Crippen molar-refractivity contribution in [2.45, 2.75) is 13.0 Å². The number of nitrogens with two attached hydrogens (primary N) is 1. The number of primary amides is 1. The largest absolute Gasteiger partial charge is 0.368 e. The lowest BCUT2D eigenvalue weighted by molar-refractivity contribution is -0.119. The molecule has 128 valence electrons. The second-order valence-electron chi connectivity index (χ2n) is 5.70. The fraction of sp³-hybridized carbons (Fsp3) is 0.176. The summed E-state index contributed by atoms with van der Waals surface area (Å²) in [7, 11) is 0. The number of rotatable bonds is 3. The van der Waals surface area contributed by atoms with E-state index < -0.39 is 18.0 Å². The highest BCUT2D eigenvalue weighted by Gasteiger charge is 2.30. The van der Waals surface area contributed by atoms with Crippen LogP contribution in [0.4, 0.5) is 16.3 Å². The van der Waals surface area contributed by atoms with E-state index in [0.29, 0.717) is 17.1 Å². The molecule has 0 bridgehead atoms. The highest BCUT2D eigenvalue weighted by molar-refractivity contribution is 6.09. The first-order valence-electron chi connectivity index (χ1n) is 7.64. The molecule has 3 rings (SSSR count). The van der Waals surface area contributed by atoms with Gasteiger partial charge in [0.15, 0.2) is 5.82 Å². The minimum absolute atomic E-state index is 0.199. The van der Waals surface area contributed by atoms with Crippen LogP contribution in [0.15, 0.2) is 42.6 Å². The van der Waals surface area contributed by atoms with E-state index in [4.69, 9.17) is 5.73 Å². The monoisotopic (exact) mass is 339 g/mol. The van der Waals surface area contributed by atoms with Crippen LogP contribution in [0.3, 0.4) is 0 Å². The summed E-state index contributed by atoms with van der Waals surface area (Å²) in [4.78, 5) is 41.6. The summed E-state index contributed by atoms with van der Waals surface area (Å²) in [6.45, 7) is 1.71. The maximum atomic E-state index is 12.6. The zero-order valence-corrected chi connectivity index (χ0v) is 13.5. The molecule has 0 radical (unpaired) electrons. The van der Waals surface area contributed by atoms with E-state index in [1.165, 1.54) is 11.1 Å². The standard InChI is InChI=1S/C17H17N5O3/c1-10-4-6-11(7-5-10)14(15(18)24)21-17(25)22-9-13(23)20-12-3-2-8-19-16(12)22/h2-8,14H,9H2,1H3,(H2,18,24)(H,20,23)(H,21,25). The number of anilines is 2. The molecule has 25 heavy (non-hydrogen) atoms. The lowest BCUT2D eigenvalue weighted by Gasteiger charge is -2.29. The zero-order valence-electron chi connectivity index (χ0n) is 13.5. The van der Waals surface area contributed by atoms with Crippen molar-refractivity contribution in [3.8, 4) is 0 Å². The number of carbonyl (C=O) groups is 3. The van der Waals surface area contributed by atoms with Crippen LogP contribution < -0.4 is 21.3 Å². The number of hydrogen-bond acceptors (Lipinski definition) is 4. The van der Waals surface area contributed by atoms with E-state index in [0.717, 1.165) is 5.56 Å². The lowest BCUT2D eigenvalue weighted by atomic mass is 10.0. The molecule has 4 amide bonds. The fourth-order valence-electron chi connectivity index (χ4n) is 2.56. The molecule has 8 nitrogen and oxygen atoms in total. The van der Waals surface area contributed by atoms with Crippen molar-refractivity contribution in [1.29, 1.82) is 0 Å². The highest BCUT2D eigenvalue weighted by atomic mass is 16.2. The Morgan fingerprint density at radius 2 is 2.00 bits per heavy atom. The first-order chi connectivity index (χ1) is 12.0. The molecule has 1 unspecified atom stereocenters. The maximum Gasteiger partial charge on any atom is 0.324 e. The van der Waals surface area contributed by atoms with E-state index in [-0.39, 0.29) is 12.5 Å². The maximum absolute atomic E-state index is 12.6. The lowest BCUT2D eigenvalue weighted by Crippen LogP contribution is -2.50. The molecule has 4 N–H and O–H groups in total. The van der Waals surface area contributed by atoms with Crippen molar-refractivity contribution >= 4 is 29.4 Å². The number of amides is 4. The summed E-state index contributed by atoms with van der Waals surface area (Å²) in [5, 5.41) is 5.22. The Hall–Kier alpha value is -3.42. The van der Waals surface area contributed by atoms with Crippen LogP contribution in [0.25, 0.3) is 0 Å². The molecule has 8 heteroatoms. The second kappa shape index (κ2) is 6.60. The van der Waals surface area contributed by atoms with E-state index in [2.05, 4.69) is 15.6 Å². The molecule has 1 aromatic carbocycles. The van der Waals surface area contributed by atoms with Crippen molar-refractivity contribution in [3.05, 3.63) is 53.7 Å². The third-order valence-corrected chi connectivity index (χ3v) is 3.83. The number of nitrogens with one attached hydrogen (secondary N) is 2. The van der Waals surface area contributed by atoms with Crippen molar-refractivity contribution in [3.63, 3.8) is 0 Å². The summed E-state index contributed by atoms with van der Waals surface area (Å²) in [6.07, 6.45) is 1.52. The van der Waals surface area contributed by atoms with Gasteiger partial charge in [-0.05, 0) is 24.6 Å². The molecule has 0 saturated heterocycles. The van der Waals surface area contributed by atoms with E-state index in [1.54, 1.807) is 24.3 Å². The van der Waals surface area contributed by atoms with Crippen molar-refractivity contribution in [1.82, 2.24) is 10.3 Å². The van der Waals surface area contributed by atoms with Gasteiger partial charge in [0.2, 0.25) is 11.8 Å². The Kier molecular flexibility index (Phi) is 4.34. The highest BCUT2D eigenvalue weighted by Crippen LogP contribution is 2.26. The van der Waals surface area contributed by atoms with Gasteiger partial charge in [-0.25, -0.2) is 9.78 Å². The molecule has 1 aliphatic rings. The smallest absolute Gasteiger partial charge is 0.324 e. The first kappa shape index (κ1) is 16.4. The average Bonchev–Trinajstić information content (AvgIpc) is 2.59. The second-order valence-corrected chi connectivity index (χ2v) is 5.70. The van der Waals surface area contributed by atoms with Gasteiger partial charge < -0.3 is 16.4 Å². The SMILES string of the molecule is Cc1ccc(C(NC(=O)N2CC(=O)Nc3cccnc32)C(N)=O)cc1. The number of pyridine rings is 1. The number of hydrogen-bond donors (Lipinski definition) is 3. The van der Waals surface area contributed by atoms with E-state index in [1.807, 2.05) is 19.1 Å². The van der Waals surface area contributed by atoms with Gasteiger partial charge in [-0.3, -0.25) is 14.5 Å². The number of urea groups is 1. The normalized spacial score (nSPS) is 14.3. The van der Waals surface area contributed by atoms with E-state index in [9.17, 15) is 14.4 Å². The molecule has 1 aliphatic heterocycles. The summed E-state index contributed by atoms with van der Waals surface area (Å²) in [5.74, 6) is -0.728. The Morgan fingerprint density at radius 1 is 1.28 bits per heavy atom. The summed E-state index contributed by atoms with van der Waals surface area (Å²) in [6, 6.07) is 8.75. The number of benzene rings is 1. The Bertz CT molecular complexity index is 834. The number of aryl methyl sites for hydroxylation is 1. The van der Waals surface area contributed by atoms with Gasteiger partial charge in [0, 0.05) is 6.20 Å². The number of fused-ring (bicyclic) bond motifs is 1. The third-order valence-electron chi connectivity index (χ3n) is 3.83. The van der Waals surface area contributed by atoms with Gasteiger partial charge in [0.25, 0.3) is 0 Å². The topological polar surface area (TPSA) is 117 Å². The van der Waals surface area contributed by atoms with Crippen LogP contribution in [0.1, 0.15) is 17.2 Å². The molecular formula is C17H17N5O3. The molecule has 1 atom stereocenters. The minimum atomic E-state index is -1.01. The average molecular weight is 339 g/mol. The number of aromatic nitrogens is 1. The van der Waals surface area contributed by atoms with Gasteiger partial charge in [-0.2, -0.15) is 0 Å². The Morgan fingerprint density at radius 3 is 2.68 bits per heavy atom. The number of nitrogens with zero attached hydrogens (tertiary/aromatic N) is 2. The quantitative estimate of drug-likeness (QED) is 0.775. The molecule has 0 spiro atoms. The van der Waals surface area contributed by atoms with Crippen molar-refractivity contribution < 1.29 is 14.4 Å². The van der Waals surface area contributed by atoms with Crippen LogP contribution in [0, 0.1) is 6.92 Å². The van der Waals surface area contributed by atoms with Gasteiger partial charge in [-0.1, -0.05) is 29.8 Å². The van der Waals surface area contributed by atoms with Crippen LogP contribution in [-0.4, -0.2) is 29.4 Å². The van der Waals surface area contributed by atoms with E-state index >= 15 is 0 Å². The summed E-state index contributed by atoms with van der Waals surface area (Å²) < 4.78 is 0. The Labute approximate surface area is 144 Å². The molecule has 2 heterocycles. The van der Waals surface area contributed by atoms with Crippen LogP contribution in [-0.2, 0) is 9.59 Å². The molecule has 1 aromatic heterocycles. The van der Waals surface area contributed by atoms with Gasteiger partial charge in [0.05, 0.1) is 5.69 Å². The third kappa shape index (κ3) is 3.42. The predicted octanol–water partition coefficient (Wildman–Crippen LogP) is 1.08. The zero-order chi connectivity index (χ0) is 18.0. The Balaban J connectivity index is 1.86. The minimum Gasteiger partial charge on any atom is -0.368 e. The number of carbonyl (C=O) groups excluding carboxylic acids is 3. The van der Waals surface area contributed by atoms with Crippen LogP contribution >= 0.6 is 0 Å². The summed E-state index contributed by atoms with van der Waals surface area (Å²) in [5.41, 5.74) is 7.45. The van der Waals surface area contributed by atoms with Gasteiger partial charge >= 0.3 is 6.03 Å². The predicted molar refractivity (Wildman–Crippen MR) is 91.9 cm³/mol. The molecule has 0 saturated carbocycles. The van der Waals surface area contributed by atoms with Crippen LogP contribution in [0.5, 0.6) is 0 Å². The van der Waals surface area contributed by atoms with Gasteiger partial charge in [0.1, 0.15) is 12.6 Å². The van der Waals surface area contributed by atoms with Crippen molar-refractivity contribution in [2.24, 2.45) is 5.73 Å². The molecular weight excluding hydrogens is 322 g/mol.